The Bertz CT molecular complexity index is 679. The maximum absolute atomic E-state index is 12.4. The summed E-state index contributed by atoms with van der Waals surface area (Å²) in [6.45, 7) is 11.6. The van der Waals surface area contributed by atoms with Gasteiger partial charge < -0.3 is 19.9 Å². The van der Waals surface area contributed by atoms with Crippen LogP contribution in [0.4, 0.5) is 4.79 Å². The average Bonchev–Trinajstić information content (AvgIpc) is 2.67. The van der Waals surface area contributed by atoms with Gasteiger partial charge in [0.05, 0.1) is 0 Å². The highest BCUT2D eigenvalue weighted by atomic mass is 35.5. The summed E-state index contributed by atoms with van der Waals surface area (Å²) in [5.74, 6) is 1.36. The van der Waals surface area contributed by atoms with Gasteiger partial charge in [0.25, 0.3) is 0 Å². The number of hydrogen-bond acceptors (Lipinski definition) is 4. The van der Waals surface area contributed by atoms with Crippen molar-refractivity contribution in [3.63, 3.8) is 0 Å². The quantitative estimate of drug-likeness (QED) is 0.443. The van der Waals surface area contributed by atoms with Gasteiger partial charge in [-0.3, -0.25) is 4.99 Å². The molecule has 1 amide bonds. The summed E-state index contributed by atoms with van der Waals surface area (Å²) in [5.41, 5.74) is 0.590. The van der Waals surface area contributed by atoms with Crippen LogP contribution >= 0.6 is 11.6 Å². The third-order valence-corrected chi connectivity index (χ3v) is 5.10. The zero-order valence-corrected chi connectivity index (χ0v) is 19.0. The van der Waals surface area contributed by atoms with E-state index in [-0.39, 0.29) is 6.09 Å². The normalized spacial score (nSPS) is 15.9. The third kappa shape index (κ3) is 7.72. The summed E-state index contributed by atoms with van der Waals surface area (Å²) >= 11 is 5.84. The first-order valence-electron chi connectivity index (χ1n) is 10.3. The molecule has 7 nitrogen and oxygen atoms in total. The van der Waals surface area contributed by atoms with Crippen LogP contribution in [0, 0.1) is 5.92 Å². The van der Waals surface area contributed by atoms with Crippen molar-refractivity contribution in [2.75, 3.05) is 33.2 Å². The van der Waals surface area contributed by atoms with Gasteiger partial charge in [0.1, 0.15) is 10.8 Å². The maximum atomic E-state index is 12.4. The number of ether oxygens (including phenoxy) is 1. The minimum atomic E-state index is -0.467. The predicted molar refractivity (Wildman–Crippen MR) is 117 cm³/mol. The van der Waals surface area contributed by atoms with Gasteiger partial charge in [-0.15, -0.1) is 0 Å². The monoisotopic (exact) mass is 423 g/mol. The number of amides is 1. The van der Waals surface area contributed by atoms with E-state index in [0.29, 0.717) is 24.2 Å². The maximum Gasteiger partial charge on any atom is 0.410 e. The lowest BCUT2D eigenvalue weighted by Crippen LogP contribution is -2.47. The molecular weight excluding hydrogens is 390 g/mol. The van der Waals surface area contributed by atoms with E-state index in [9.17, 15) is 4.79 Å². The number of aliphatic imine (C=N–C) groups is 1. The molecule has 0 aromatic carbocycles. The lowest BCUT2D eigenvalue weighted by molar-refractivity contribution is 0.0214. The molecule has 0 bridgehead atoms. The molecule has 2 heterocycles. The van der Waals surface area contributed by atoms with Crippen molar-refractivity contribution in [3.05, 3.63) is 29.0 Å². The van der Waals surface area contributed by atoms with Crippen LogP contribution < -0.4 is 5.32 Å². The number of carbonyl (C=O) groups excluding carboxylic acids is 1. The molecule has 29 heavy (non-hydrogen) atoms. The molecular formula is C21H34ClN5O2. The Hall–Kier alpha value is -2.02. The van der Waals surface area contributed by atoms with Gasteiger partial charge >= 0.3 is 6.09 Å². The number of likely N-dealkylation sites (tertiary alicyclic amines) is 1. The number of piperidine rings is 1. The fraction of sp³-hybridized carbons (Fsp3) is 0.667. The van der Waals surface area contributed by atoms with Crippen LogP contribution in [0.1, 0.15) is 46.1 Å². The number of carbonyl (C=O) groups is 1. The summed E-state index contributed by atoms with van der Waals surface area (Å²) in [6.07, 6.45) is 3.58. The smallest absolute Gasteiger partial charge is 0.410 e. The van der Waals surface area contributed by atoms with Gasteiger partial charge in [0, 0.05) is 46.0 Å². The van der Waals surface area contributed by atoms with Crippen molar-refractivity contribution in [1.29, 1.82) is 0 Å². The molecule has 1 aromatic heterocycles. The molecule has 0 aliphatic carbocycles. The van der Waals surface area contributed by atoms with E-state index >= 15 is 0 Å². The van der Waals surface area contributed by atoms with Gasteiger partial charge in [0.15, 0.2) is 5.96 Å². The highest BCUT2D eigenvalue weighted by Gasteiger charge is 2.27. The van der Waals surface area contributed by atoms with Crippen LogP contribution in [0.3, 0.4) is 0 Å². The number of nitrogens with one attached hydrogen (secondary N) is 1. The molecule has 1 aromatic rings. The van der Waals surface area contributed by atoms with Crippen molar-refractivity contribution in [1.82, 2.24) is 20.1 Å². The zero-order valence-electron chi connectivity index (χ0n) is 18.2. The molecule has 1 N–H and O–H groups in total. The van der Waals surface area contributed by atoms with E-state index < -0.39 is 5.60 Å². The molecule has 0 spiro atoms. The molecule has 0 unspecified atom stereocenters. The summed E-state index contributed by atoms with van der Waals surface area (Å²) in [7, 11) is 1.80. The van der Waals surface area contributed by atoms with Crippen molar-refractivity contribution in [2.24, 2.45) is 10.9 Å². The van der Waals surface area contributed by atoms with Crippen LogP contribution in [0.15, 0.2) is 23.3 Å². The Kier molecular flexibility index (Phi) is 8.56. The largest absolute Gasteiger partial charge is 0.444 e. The van der Waals surface area contributed by atoms with Crippen LogP contribution in [-0.4, -0.2) is 65.7 Å². The topological polar surface area (TPSA) is 70.1 Å². The second kappa shape index (κ2) is 10.7. The molecule has 2 rings (SSSR count). The van der Waals surface area contributed by atoms with Crippen LogP contribution in [0.5, 0.6) is 0 Å². The number of hydrogen-bond donors (Lipinski definition) is 1. The van der Waals surface area contributed by atoms with Gasteiger partial charge in [-0.25, -0.2) is 9.78 Å². The lowest BCUT2D eigenvalue weighted by Gasteiger charge is -2.36. The molecule has 162 valence electrons. The average molecular weight is 424 g/mol. The summed E-state index contributed by atoms with van der Waals surface area (Å²) < 4.78 is 5.52. The third-order valence-electron chi connectivity index (χ3n) is 4.88. The molecule has 0 atom stereocenters. The van der Waals surface area contributed by atoms with E-state index in [0.717, 1.165) is 44.0 Å². The second-order valence-corrected chi connectivity index (χ2v) is 8.73. The Labute approximate surface area is 179 Å². The standard InChI is InChI=1S/C21H34ClN5O2/c1-6-26(20(28)29-21(2,3)4)15-16-9-11-27(12-10-16)19(23-5)25-14-17-7-8-18(22)24-13-17/h7-8,13,16H,6,9-12,14-15H2,1-5H3,(H,23,25). The molecule has 1 fully saturated rings. The number of halogens is 1. The number of nitrogens with zero attached hydrogens (tertiary/aromatic N) is 4. The molecule has 8 heteroatoms. The van der Waals surface area contributed by atoms with Crippen LogP contribution in [0.25, 0.3) is 0 Å². The Morgan fingerprint density at radius 2 is 2.07 bits per heavy atom. The van der Waals surface area contributed by atoms with Crippen molar-refractivity contribution in [2.45, 2.75) is 52.7 Å². The number of aromatic nitrogens is 1. The van der Waals surface area contributed by atoms with Crippen LogP contribution in [0.2, 0.25) is 5.15 Å². The van der Waals surface area contributed by atoms with E-state index in [2.05, 4.69) is 20.2 Å². The summed E-state index contributed by atoms with van der Waals surface area (Å²) in [5, 5.41) is 3.89. The number of rotatable bonds is 5. The summed E-state index contributed by atoms with van der Waals surface area (Å²) in [6, 6.07) is 3.74. The Morgan fingerprint density at radius 1 is 1.38 bits per heavy atom. The molecule has 1 saturated heterocycles. The first-order valence-corrected chi connectivity index (χ1v) is 10.6. The number of pyridine rings is 1. The van der Waals surface area contributed by atoms with Gasteiger partial charge in [-0.2, -0.15) is 0 Å². The van der Waals surface area contributed by atoms with E-state index in [4.69, 9.17) is 16.3 Å². The van der Waals surface area contributed by atoms with Gasteiger partial charge in [0.2, 0.25) is 0 Å². The first kappa shape index (κ1) is 23.3. The first-order chi connectivity index (χ1) is 13.7. The van der Waals surface area contributed by atoms with Crippen LogP contribution in [-0.2, 0) is 11.3 Å². The van der Waals surface area contributed by atoms with Gasteiger partial charge in [-0.1, -0.05) is 17.7 Å². The second-order valence-electron chi connectivity index (χ2n) is 8.34. The Morgan fingerprint density at radius 3 is 2.59 bits per heavy atom. The lowest BCUT2D eigenvalue weighted by atomic mass is 9.96. The minimum Gasteiger partial charge on any atom is -0.444 e. The molecule has 1 aliphatic rings. The number of guanidine groups is 1. The summed E-state index contributed by atoms with van der Waals surface area (Å²) in [4.78, 5) is 25.0. The molecule has 1 aliphatic heterocycles. The highest BCUT2D eigenvalue weighted by Crippen LogP contribution is 2.20. The fourth-order valence-corrected chi connectivity index (χ4v) is 3.43. The minimum absolute atomic E-state index is 0.225. The van der Waals surface area contributed by atoms with Crippen molar-refractivity contribution < 1.29 is 9.53 Å². The SMILES string of the molecule is CCN(CC1CCN(C(=NC)NCc2ccc(Cl)nc2)CC1)C(=O)OC(C)(C)C. The van der Waals surface area contributed by atoms with E-state index in [1.54, 1.807) is 19.3 Å². The van der Waals surface area contributed by atoms with E-state index in [1.807, 2.05) is 38.7 Å². The highest BCUT2D eigenvalue weighted by molar-refractivity contribution is 6.29. The predicted octanol–water partition coefficient (Wildman–Crippen LogP) is 3.78. The van der Waals surface area contributed by atoms with Crippen molar-refractivity contribution in [3.8, 4) is 0 Å². The van der Waals surface area contributed by atoms with Crippen molar-refractivity contribution >= 4 is 23.7 Å². The van der Waals surface area contributed by atoms with Gasteiger partial charge in [-0.05, 0) is 58.1 Å². The molecule has 0 saturated carbocycles. The molecule has 0 radical (unpaired) electrons. The Balaban J connectivity index is 1.81. The fourth-order valence-electron chi connectivity index (χ4n) is 3.32. The zero-order chi connectivity index (χ0) is 21.4. The van der Waals surface area contributed by atoms with E-state index in [1.165, 1.54) is 0 Å².